The van der Waals surface area contributed by atoms with Crippen LogP contribution in [0.3, 0.4) is 0 Å². The fraction of sp³-hybridized carbons (Fsp3) is 0.263. The first kappa shape index (κ1) is 21.7. The highest BCUT2D eigenvalue weighted by atomic mass is 19.3. The molecule has 2 rings (SSSR count). The van der Waals surface area contributed by atoms with Crippen LogP contribution < -0.4 is 24.8 Å². The number of carbonyl (C=O) groups excluding carboxylic acids is 2. The Bertz CT molecular complexity index is 859. The number of hydrogen-bond donors (Lipinski definition) is 2. The van der Waals surface area contributed by atoms with Crippen molar-refractivity contribution < 1.29 is 37.3 Å². The topological polar surface area (TPSA) is 95.1 Å². The molecule has 0 saturated heterocycles. The van der Waals surface area contributed by atoms with Crippen molar-refractivity contribution in [3.8, 4) is 17.2 Å². The van der Waals surface area contributed by atoms with Crippen molar-refractivity contribution in [2.45, 2.75) is 6.61 Å². The average molecular weight is 410 g/mol. The molecule has 2 N–H and O–H groups in total. The number of anilines is 2. The molecule has 1 amide bonds. The largest absolute Gasteiger partial charge is 0.493 e. The van der Waals surface area contributed by atoms with Crippen LogP contribution in [0.4, 0.5) is 20.2 Å². The van der Waals surface area contributed by atoms with Crippen molar-refractivity contribution in [3.05, 3.63) is 42.0 Å². The van der Waals surface area contributed by atoms with Crippen molar-refractivity contribution in [3.63, 3.8) is 0 Å². The van der Waals surface area contributed by atoms with E-state index in [2.05, 4.69) is 15.4 Å². The Kier molecular flexibility index (Phi) is 7.58. The second-order valence-corrected chi connectivity index (χ2v) is 5.55. The summed E-state index contributed by atoms with van der Waals surface area (Å²) in [6.07, 6.45) is 0. The summed E-state index contributed by atoms with van der Waals surface area (Å²) in [6, 6.07) is 8.40. The summed E-state index contributed by atoms with van der Waals surface area (Å²) < 4.78 is 43.7. The van der Waals surface area contributed by atoms with E-state index in [0.717, 1.165) is 0 Å². The molecule has 10 heteroatoms. The molecule has 0 atom stereocenters. The normalized spacial score (nSPS) is 10.3. The van der Waals surface area contributed by atoms with Crippen molar-refractivity contribution >= 4 is 23.3 Å². The summed E-state index contributed by atoms with van der Waals surface area (Å²) in [7, 11) is 4.10. The molecule has 2 aromatic rings. The maximum Gasteiger partial charge on any atom is 0.387 e. The van der Waals surface area contributed by atoms with Gasteiger partial charge in [-0.2, -0.15) is 8.78 Å². The Morgan fingerprint density at radius 3 is 2.17 bits per heavy atom. The minimum absolute atomic E-state index is 0.0239. The number of halogens is 2. The van der Waals surface area contributed by atoms with E-state index in [0.29, 0.717) is 22.9 Å². The van der Waals surface area contributed by atoms with Crippen LogP contribution in [0, 0.1) is 0 Å². The van der Waals surface area contributed by atoms with Gasteiger partial charge in [-0.25, -0.2) is 4.79 Å². The molecule has 0 aromatic heterocycles. The third kappa shape index (κ3) is 5.96. The number of amides is 1. The van der Waals surface area contributed by atoms with Gasteiger partial charge in [-0.05, 0) is 24.3 Å². The zero-order valence-corrected chi connectivity index (χ0v) is 16.0. The number of ether oxygens (including phenoxy) is 4. The van der Waals surface area contributed by atoms with E-state index in [4.69, 9.17) is 14.2 Å². The van der Waals surface area contributed by atoms with E-state index in [1.165, 1.54) is 57.7 Å². The van der Waals surface area contributed by atoms with E-state index < -0.39 is 18.5 Å². The molecule has 29 heavy (non-hydrogen) atoms. The predicted molar refractivity (Wildman–Crippen MR) is 101 cm³/mol. The second-order valence-electron chi connectivity index (χ2n) is 5.55. The Hall–Kier alpha value is -3.56. The molecule has 156 valence electrons. The van der Waals surface area contributed by atoms with E-state index in [1.54, 1.807) is 0 Å². The molecular formula is C19H20F2N2O6. The van der Waals surface area contributed by atoms with E-state index in [9.17, 15) is 18.4 Å². The predicted octanol–water partition coefficient (Wildman–Crippen LogP) is 3.14. The SMILES string of the molecule is COC(=O)c1cc(OC)c(OC)cc1NCC(=O)Nc1ccc(OC(F)F)cc1. The van der Waals surface area contributed by atoms with Crippen LogP contribution in [0.2, 0.25) is 0 Å². The van der Waals surface area contributed by atoms with Gasteiger partial charge in [0.15, 0.2) is 11.5 Å². The van der Waals surface area contributed by atoms with Gasteiger partial charge in [0.05, 0.1) is 39.1 Å². The average Bonchev–Trinajstić information content (AvgIpc) is 2.72. The first-order valence-corrected chi connectivity index (χ1v) is 8.30. The number of esters is 1. The molecule has 8 nitrogen and oxygen atoms in total. The van der Waals surface area contributed by atoms with Crippen LogP contribution in [-0.4, -0.2) is 46.4 Å². The summed E-state index contributed by atoms with van der Waals surface area (Å²) in [6.45, 7) is -3.11. The fourth-order valence-corrected chi connectivity index (χ4v) is 2.40. The first-order valence-electron chi connectivity index (χ1n) is 8.30. The zero-order chi connectivity index (χ0) is 21.4. The number of methoxy groups -OCH3 is 3. The molecule has 2 aromatic carbocycles. The van der Waals surface area contributed by atoms with Gasteiger partial charge in [-0.15, -0.1) is 0 Å². The van der Waals surface area contributed by atoms with Crippen LogP contribution in [0.1, 0.15) is 10.4 Å². The Labute approximate surface area is 165 Å². The summed E-state index contributed by atoms with van der Waals surface area (Å²) in [5, 5.41) is 5.43. The number of nitrogens with one attached hydrogen (secondary N) is 2. The van der Waals surface area contributed by atoms with Crippen LogP contribution in [0.5, 0.6) is 17.2 Å². The molecule has 0 spiro atoms. The maximum absolute atomic E-state index is 12.2. The lowest BCUT2D eigenvalue weighted by Crippen LogP contribution is -2.22. The van der Waals surface area contributed by atoms with Gasteiger partial charge in [0, 0.05) is 17.8 Å². The maximum atomic E-state index is 12.2. The molecule has 0 radical (unpaired) electrons. The van der Waals surface area contributed by atoms with Gasteiger partial charge in [0.1, 0.15) is 5.75 Å². The van der Waals surface area contributed by atoms with Crippen molar-refractivity contribution in [1.29, 1.82) is 0 Å². The Morgan fingerprint density at radius 1 is 1.00 bits per heavy atom. The monoisotopic (exact) mass is 410 g/mol. The first-order chi connectivity index (χ1) is 13.9. The Morgan fingerprint density at radius 2 is 1.62 bits per heavy atom. The molecule has 0 bridgehead atoms. The number of rotatable bonds is 9. The van der Waals surface area contributed by atoms with Crippen molar-refractivity contribution in [2.24, 2.45) is 0 Å². The fourth-order valence-electron chi connectivity index (χ4n) is 2.40. The summed E-state index contributed by atoms with van der Waals surface area (Å²) in [4.78, 5) is 24.2. The number of alkyl halides is 2. The Balaban J connectivity index is 2.07. The van der Waals surface area contributed by atoms with E-state index in [1.807, 2.05) is 0 Å². The van der Waals surface area contributed by atoms with Crippen molar-refractivity contribution in [1.82, 2.24) is 0 Å². The molecule has 0 aliphatic rings. The van der Waals surface area contributed by atoms with Crippen LogP contribution >= 0.6 is 0 Å². The van der Waals surface area contributed by atoms with Gasteiger partial charge >= 0.3 is 12.6 Å². The molecule has 0 aliphatic carbocycles. The lowest BCUT2D eigenvalue weighted by atomic mass is 10.1. The molecule has 0 saturated carbocycles. The zero-order valence-electron chi connectivity index (χ0n) is 16.0. The second kappa shape index (κ2) is 10.1. The van der Waals surface area contributed by atoms with Crippen LogP contribution in [0.15, 0.2) is 36.4 Å². The van der Waals surface area contributed by atoms with Crippen molar-refractivity contribution in [2.75, 3.05) is 38.5 Å². The van der Waals surface area contributed by atoms with Gasteiger partial charge in [-0.3, -0.25) is 4.79 Å². The summed E-state index contributed by atoms with van der Waals surface area (Å²) >= 11 is 0. The number of benzene rings is 2. The molecule has 0 aliphatic heterocycles. The summed E-state index contributed by atoms with van der Waals surface area (Å²) in [5.74, 6) is -0.391. The molecular weight excluding hydrogens is 390 g/mol. The third-order valence-corrected chi connectivity index (χ3v) is 3.73. The quantitative estimate of drug-likeness (QED) is 0.613. The molecule has 0 heterocycles. The number of hydrogen-bond acceptors (Lipinski definition) is 7. The van der Waals surface area contributed by atoms with E-state index in [-0.39, 0.29) is 17.9 Å². The molecule has 0 fully saturated rings. The van der Waals surface area contributed by atoms with Gasteiger partial charge < -0.3 is 29.6 Å². The smallest absolute Gasteiger partial charge is 0.387 e. The summed E-state index contributed by atoms with van der Waals surface area (Å²) in [5.41, 5.74) is 0.857. The highest BCUT2D eigenvalue weighted by Gasteiger charge is 2.18. The lowest BCUT2D eigenvalue weighted by Gasteiger charge is -2.15. The standard InChI is InChI=1S/C19H20F2N2O6/c1-26-15-8-13(18(25)28-3)14(9-16(15)27-2)22-10-17(24)23-11-4-6-12(7-5-11)29-19(20)21/h4-9,19,22H,10H2,1-3H3,(H,23,24). The molecule has 0 unspecified atom stereocenters. The lowest BCUT2D eigenvalue weighted by molar-refractivity contribution is -0.114. The van der Waals surface area contributed by atoms with Crippen LogP contribution in [0.25, 0.3) is 0 Å². The minimum atomic E-state index is -2.93. The highest BCUT2D eigenvalue weighted by Crippen LogP contribution is 2.33. The third-order valence-electron chi connectivity index (χ3n) is 3.73. The van der Waals surface area contributed by atoms with Gasteiger partial charge in [0.25, 0.3) is 0 Å². The number of carbonyl (C=O) groups is 2. The van der Waals surface area contributed by atoms with Gasteiger partial charge in [-0.1, -0.05) is 0 Å². The van der Waals surface area contributed by atoms with Crippen LogP contribution in [-0.2, 0) is 9.53 Å². The van der Waals surface area contributed by atoms with Gasteiger partial charge in [0.2, 0.25) is 5.91 Å². The highest BCUT2D eigenvalue weighted by molar-refractivity contribution is 5.99. The minimum Gasteiger partial charge on any atom is -0.493 e. The van der Waals surface area contributed by atoms with E-state index >= 15 is 0 Å².